The maximum atomic E-state index is 13.1. The number of carbonyl (C=O) groups excluding carboxylic acids is 1. The SMILES string of the molecule is C[C@H](Cc1cncc(-c2cccc(CN3CCOCC3)c2)n1)c1cccc(NC(=O)c2cccc(C(F)(F)F)c2)c1. The van der Waals surface area contributed by atoms with Gasteiger partial charge in [0, 0.05) is 42.6 Å². The molecule has 4 aromatic rings. The molecule has 1 N–H and O–H groups in total. The van der Waals surface area contributed by atoms with Crippen LogP contribution in [0, 0.1) is 0 Å². The van der Waals surface area contributed by atoms with Gasteiger partial charge in [-0.15, -0.1) is 0 Å². The van der Waals surface area contributed by atoms with Gasteiger partial charge in [0.15, 0.2) is 0 Å². The van der Waals surface area contributed by atoms with Gasteiger partial charge >= 0.3 is 6.18 Å². The molecular weight excluding hydrogens is 529 g/mol. The Bertz CT molecular complexity index is 1500. The Balaban J connectivity index is 1.25. The van der Waals surface area contributed by atoms with E-state index in [-0.39, 0.29) is 11.5 Å². The number of rotatable bonds is 8. The van der Waals surface area contributed by atoms with Gasteiger partial charge in [0.05, 0.1) is 36.4 Å². The van der Waals surface area contributed by atoms with Crippen LogP contribution in [0.25, 0.3) is 11.3 Å². The maximum absolute atomic E-state index is 13.1. The summed E-state index contributed by atoms with van der Waals surface area (Å²) >= 11 is 0. The predicted molar refractivity (Wildman–Crippen MR) is 152 cm³/mol. The van der Waals surface area contributed by atoms with Crippen LogP contribution in [0.1, 0.15) is 45.6 Å². The minimum atomic E-state index is -4.52. The first-order valence-electron chi connectivity index (χ1n) is 13.5. The summed E-state index contributed by atoms with van der Waals surface area (Å²) in [4.78, 5) is 24.4. The molecule has 0 unspecified atom stereocenters. The van der Waals surface area contributed by atoms with E-state index in [9.17, 15) is 18.0 Å². The van der Waals surface area contributed by atoms with Crippen molar-refractivity contribution in [3.8, 4) is 11.3 Å². The molecule has 1 amide bonds. The highest BCUT2D eigenvalue weighted by Crippen LogP contribution is 2.30. The Kier molecular flexibility index (Phi) is 8.75. The van der Waals surface area contributed by atoms with E-state index in [1.165, 1.54) is 17.7 Å². The minimum Gasteiger partial charge on any atom is -0.379 e. The van der Waals surface area contributed by atoms with Crippen LogP contribution in [-0.2, 0) is 23.9 Å². The Morgan fingerprint density at radius 1 is 1.00 bits per heavy atom. The van der Waals surface area contributed by atoms with Crippen molar-refractivity contribution in [2.24, 2.45) is 0 Å². The molecule has 212 valence electrons. The molecular formula is C32H31F3N4O2. The van der Waals surface area contributed by atoms with Gasteiger partial charge < -0.3 is 10.1 Å². The molecule has 0 aliphatic carbocycles. The fourth-order valence-electron chi connectivity index (χ4n) is 4.88. The van der Waals surface area contributed by atoms with E-state index in [4.69, 9.17) is 9.72 Å². The topological polar surface area (TPSA) is 67.3 Å². The zero-order valence-electron chi connectivity index (χ0n) is 22.7. The molecule has 5 rings (SSSR count). The molecule has 1 aliphatic heterocycles. The van der Waals surface area contributed by atoms with Crippen LogP contribution in [0.4, 0.5) is 18.9 Å². The number of hydrogen-bond acceptors (Lipinski definition) is 5. The van der Waals surface area contributed by atoms with Crippen LogP contribution in [0.3, 0.4) is 0 Å². The van der Waals surface area contributed by atoms with Crippen LogP contribution < -0.4 is 5.32 Å². The van der Waals surface area contributed by atoms with Gasteiger partial charge in [0.2, 0.25) is 0 Å². The highest BCUT2D eigenvalue weighted by molar-refractivity contribution is 6.04. The highest BCUT2D eigenvalue weighted by Gasteiger charge is 2.31. The van der Waals surface area contributed by atoms with Crippen LogP contribution >= 0.6 is 0 Å². The van der Waals surface area contributed by atoms with Crippen molar-refractivity contribution in [2.75, 3.05) is 31.6 Å². The second-order valence-corrected chi connectivity index (χ2v) is 10.2. The number of morpholine rings is 1. The predicted octanol–water partition coefficient (Wildman–Crippen LogP) is 6.59. The third kappa shape index (κ3) is 7.56. The summed E-state index contributed by atoms with van der Waals surface area (Å²) in [7, 11) is 0. The van der Waals surface area contributed by atoms with Crippen LogP contribution in [0.2, 0.25) is 0 Å². The molecule has 1 saturated heterocycles. The molecule has 1 atom stereocenters. The van der Waals surface area contributed by atoms with Gasteiger partial charge in [-0.1, -0.05) is 43.3 Å². The van der Waals surface area contributed by atoms with Gasteiger partial charge in [0.1, 0.15) is 0 Å². The average Bonchev–Trinajstić information content (AvgIpc) is 2.98. The molecule has 0 saturated carbocycles. The van der Waals surface area contributed by atoms with Crippen molar-refractivity contribution in [2.45, 2.75) is 32.0 Å². The number of amides is 1. The normalized spacial score (nSPS) is 14.9. The van der Waals surface area contributed by atoms with Gasteiger partial charge in [-0.05, 0) is 59.9 Å². The lowest BCUT2D eigenvalue weighted by atomic mass is 9.95. The molecule has 1 aliphatic rings. The monoisotopic (exact) mass is 560 g/mol. The summed E-state index contributed by atoms with van der Waals surface area (Å²) in [5.74, 6) is -0.548. The summed E-state index contributed by atoms with van der Waals surface area (Å²) in [5.41, 5.74) is 4.43. The van der Waals surface area contributed by atoms with E-state index in [1.54, 1.807) is 18.5 Å². The van der Waals surface area contributed by atoms with E-state index < -0.39 is 17.6 Å². The highest BCUT2D eigenvalue weighted by atomic mass is 19.4. The van der Waals surface area contributed by atoms with E-state index >= 15 is 0 Å². The lowest BCUT2D eigenvalue weighted by molar-refractivity contribution is -0.137. The second kappa shape index (κ2) is 12.6. The first-order chi connectivity index (χ1) is 19.7. The smallest absolute Gasteiger partial charge is 0.379 e. The Morgan fingerprint density at radius 2 is 1.78 bits per heavy atom. The number of nitrogens with zero attached hydrogens (tertiary/aromatic N) is 3. The van der Waals surface area contributed by atoms with Gasteiger partial charge in [-0.3, -0.25) is 14.7 Å². The molecule has 0 bridgehead atoms. The Hall–Kier alpha value is -4.08. The third-order valence-corrected chi connectivity index (χ3v) is 7.10. The number of benzene rings is 3. The molecule has 2 heterocycles. The van der Waals surface area contributed by atoms with Crippen molar-refractivity contribution in [1.29, 1.82) is 0 Å². The molecule has 6 nitrogen and oxygen atoms in total. The number of anilines is 1. The fourth-order valence-corrected chi connectivity index (χ4v) is 4.88. The summed E-state index contributed by atoms with van der Waals surface area (Å²) < 4.78 is 44.6. The number of carbonyl (C=O) groups is 1. The van der Waals surface area contributed by atoms with Crippen LogP contribution in [-0.4, -0.2) is 47.1 Å². The number of hydrogen-bond donors (Lipinski definition) is 1. The second-order valence-electron chi connectivity index (χ2n) is 10.2. The van der Waals surface area contributed by atoms with E-state index in [2.05, 4.69) is 34.3 Å². The fraction of sp³-hybridized carbons (Fsp3) is 0.281. The van der Waals surface area contributed by atoms with Crippen molar-refractivity contribution < 1.29 is 22.7 Å². The summed E-state index contributed by atoms with van der Waals surface area (Å²) in [6.45, 7) is 6.29. The number of aromatic nitrogens is 2. The molecule has 41 heavy (non-hydrogen) atoms. The zero-order chi connectivity index (χ0) is 28.8. The molecule has 9 heteroatoms. The number of alkyl halides is 3. The molecule has 1 fully saturated rings. The summed E-state index contributed by atoms with van der Waals surface area (Å²) in [6.07, 6.45) is -0.361. The number of ether oxygens (including phenoxy) is 1. The van der Waals surface area contributed by atoms with Crippen molar-refractivity contribution in [3.05, 3.63) is 113 Å². The zero-order valence-corrected chi connectivity index (χ0v) is 22.7. The Labute approximate surface area is 237 Å². The van der Waals surface area contributed by atoms with Gasteiger partial charge in [0.25, 0.3) is 5.91 Å². The Morgan fingerprint density at radius 3 is 2.59 bits per heavy atom. The first kappa shape index (κ1) is 28.4. The van der Waals surface area contributed by atoms with E-state index in [0.717, 1.165) is 67.5 Å². The minimum absolute atomic E-state index is 0.0533. The van der Waals surface area contributed by atoms with E-state index in [1.807, 2.05) is 30.3 Å². The standard InChI is InChI=1S/C32H31F3N4O2/c1-22(24-6-4-10-28(18-24)38-31(40)26-8-3-9-27(17-26)32(33,34)35)15-29-19-36-20-30(37-29)25-7-2-5-23(16-25)21-39-11-13-41-14-12-39/h2-10,16-20,22H,11-15,21H2,1H3,(H,38,40)/t22-/m1/s1. The number of halogens is 3. The quantitative estimate of drug-likeness (QED) is 0.263. The van der Waals surface area contributed by atoms with E-state index in [0.29, 0.717) is 12.1 Å². The van der Waals surface area contributed by atoms with Crippen molar-refractivity contribution >= 4 is 11.6 Å². The largest absolute Gasteiger partial charge is 0.416 e. The van der Waals surface area contributed by atoms with Gasteiger partial charge in [-0.2, -0.15) is 13.2 Å². The van der Waals surface area contributed by atoms with Crippen LogP contribution in [0.5, 0.6) is 0 Å². The molecule has 0 spiro atoms. The molecule has 1 aromatic heterocycles. The molecule has 3 aromatic carbocycles. The van der Waals surface area contributed by atoms with Crippen LogP contribution in [0.15, 0.2) is 85.2 Å². The lowest BCUT2D eigenvalue weighted by Crippen LogP contribution is -2.35. The van der Waals surface area contributed by atoms with Crippen molar-refractivity contribution in [1.82, 2.24) is 14.9 Å². The summed E-state index contributed by atoms with van der Waals surface area (Å²) in [6, 6.07) is 20.1. The van der Waals surface area contributed by atoms with Crippen molar-refractivity contribution in [3.63, 3.8) is 0 Å². The number of nitrogens with one attached hydrogen (secondary N) is 1. The maximum Gasteiger partial charge on any atom is 0.416 e. The summed E-state index contributed by atoms with van der Waals surface area (Å²) in [5, 5.41) is 2.72. The molecule has 0 radical (unpaired) electrons. The lowest BCUT2D eigenvalue weighted by Gasteiger charge is -2.26. The average molecular weight is 561 g/mol. The van der Waals surface area contributed by atoms with Gasteiger partial charge in [-0.25, -0.2) is 4.98 Å². The third-order valence-electron chi connectivity index (χ3n) is 7.10. The first-order valence-corrected chi connectivity index (χ1v) is 13.5.